The zero-order valence-corrected chi connectivity index (χ0v) is 21.5. The van der Waals surface area contributed by atoms with Crippen molar-refractivity contribution in [2.45, 2.75) is 11.7 Å². The van der Waals surface area contributed by atoms with Crippen LogP contribution in [0.15, 0.2) is 48.9 Å². The Morgan fingerprint density at radius 2 is 2.02 bits per heavy atom. The molecule has 0 radical (unpaired) electrons. The molecule has 6 N–H and O–H groups in total. The van der Waals surface area contributed by atoms with Crippen molar-refractivity contribution in [3.63, 3.8) is 0 Å². The van der Waals surface area contributed by atoms with Gasteiger partial charge in [0.25, 0.3) is 0 Å². The number of amides is 3. The van der Waals surface area contributed by atoms with Crippen LogP contribution in [0.2, 0.25) is 0 Å². The van der Waals surface area contributed by atoms with E-state index in [0.717, 1.165) is 0 Å². The summed E-state index contributed by atoms with van der Waals surface area (Å²) >= 11 is 0. The number of nitrogens with two attached hydrogens (primary N) is 1. The SMILES string of the molecule is COCC(=O)N1CC(CN)(N/C=C(\C=N)c2cnn3c(-c4cccc(NC(=O)NCC(F)(F)F)c4)cnc3c2)C1. The normalized spacial score (nSPS) is 14.9. The van der Waals surface area contributed by atoms with Crippen molar-refractivity contribution in [3.8, 4) is 11.3 Å². The van der Waals surface area contributed by atoms with Gasteiger partial charge in [0.1, 0.15) is 13.2 Å². The highest BCUT2D eigenvalue weighted by Gasteiger charge is 2.43. The molecule has 0 atom stereocenters. The van der Waals surface area contributed by atoms with E-state index in [1.165, 1.54) is 13.3 Å². The molecule has 3 heterocycles. The number of likely N-dealkylation sites (tertiary alicyclic amines) is 1. The molecule has 0 aliphatic carbocycles. The second kappa shape index (κ2) is 11.7. The van der Waals surface area contributed by atoms with Crippen molar-refractivity contribution in [2.75, 3.05) is 45.2 Å². The first-order valence-corrected chi connectivity index (χ1v) is 12.1. The van der Waals surface area contributed by atoms with Gasteiger partial charge in [0.15, 0.2) is 5.65 Å². The Morgan fingerprint density at radius 1 is 1.25 bits per heavy atom. The molecule has 2 aromatic heterocycles. The third-order valence-electron chi connectivity index (χ3n) is 6.25. The van der Waals surface area contributed by atoms with Gasteiger partial charge in [0.05, 0.1) is 23.6 Å². The van der Waals surface area contributed by atoms with Crippen LogP contribution < -0.4 is 21.7 Å². The Kier molecular flexibility index (Phi) is 8.35. The summed E-state index contributed by atoms with van der Waals surface area (Å²) in [5.41, 5.74) is 8.54. The second-order valence-electron chi connectivity index (χ2n) is 9.22. The fraction of sp³-hybridized carbons (Fsp3) is 0.320. The van der Waals surface area contributed by atoms with Gasteiger partial charge in [-0.15, -0.1) is 0 Å². The maximum absolute atomic E-state index is 12.3. The van der Waals surface area contributed by atoms with Gasteiger partial charge in [-0.2, -0.15) is 18.3 Å². The predicted octanol–water partition coefficient (Wildman–Crippen LogP) is 1.85. The number of halogens is 3. The van der Waals surface area contributed by atoms with Gasteiger partial charge in [-0.25, -0.2) is 14.3 Å². The van der Waals surface area contributed by atoms with Gasteiger partial charge in [-0.05, 0) is 18.2 Å². The highest BCUT2D eigenvalue weighted by atomic mass is 19.4. The number of ether oxygens (including phenoxy) is 1. The van der Waals surface area contributed by atoms with E-state index in [9.17, 15) is 22.8 Å². The molecule has 1 aliphatic heterocycles. The third-order valence-corrected chi connectivity index (χ3v) is 6.25. The highest BCUT2D eigenvalue weighted by Crippen LogP contribution is 2.25. The third kappa shape index (κ3) is 6.55. The molecule has 1 aromatic carbocycles. The van der Waals surface area contributed by atoms with E-state index in [2.05, 4.69) is 20.7 Å². The molecular weight excluding hydrogens is 531 g/mol. The molecular formula is C25H28F3N9O3. The van der Waals surface area contributed by atoms with Crippen LogP contribution >= 0.6 is 0 Å². The number of allylic oxidation sites excluding steroid dienone is 1. The molecule has 3 aromatic rings. The van der Waals surface area contributed by atoms with E-state index < -0.39 is 24.3 Å². The fourth-order valence-electron chi connectivity index (χ4n) is 4.14. The smallest absolute Gasteiger partial charge is 0.380 e. The number of hydrogen-bond acceptors (Lipinski definition) is 8. The molecule has 40 heavy (non-hydrogen) atoms. The summed E-state index contributed by atoms with van der Waals surface area (Å²) in [5.74, 6) is -0.125. The molecule has 12 nitrogen and oxygen atoms in total. The molecule has 4 rings (SSSR count). The average Bonchev–Trinajstić information content (AvgIpc) is 3.32. The number of anilines is 1. The number of fused-ring (bicyclic) bond motifs is 1. The van der Waals surface area contributed by atoms with Crippen LogP contribution in [0.25, 0.3) is 22.5 Å². The summed E-state index contributed by atoms with van der Waals surface area (Å²) in [7, 11) is 1.46. The first kappa shape index (κ1) is 28.5. The number of carbonyl (C=O) groups is 2. The number of nitrogens with zero attached hydrogens (tertiary/aromatic N) is 4. The van der Waals surface area contributed by atoms with Crippen molar-refractivity contribution in [1.29, 1.82) is 5.41 Å². The lowest BCUT2D eigenvalue weighted by atomic mass is 9.89. The lowest BCUT2D eigenvalue weighted by Crippen LogP contribution is -2.72. The molecule has 1 aliphatic rings. The number of imidazole rings is 1. The minimum absolute atomic E-state index is 0.00167. The number of benzene rings is 1. The van der Waals surface area contributed by atoms with Gasteiger partial charge in [0, 0.05) is 61.5 Å². The quantitative estimate of drug-likeness (QED) is 0.237. The van der Waals surface area contributed by atoms with Crippen LogP contribution in [0.5, 0.6) is 0 Å². The van der Waals surface area contributed by atoms with Gasteiger partial charge in [-0.1, -0.05) is 12.1 Å². The van der Waals surface area contributed by atoms with Crippen molar-refractivity contribution in [3.05, 3.63) is 54.5 Å². The number of hydrogen-bond donors (Lipinski definition) is 5. The van der Waals surface area contributed by atoms with Gasteiger partial charge >= 0.3 is 12.2 Å². The summed E-state index contributed by atoms with van der Waals surface area (Å²) < 4.78 is 43.5. The summed E-state index contributed by atoms with van der Waals surface area (Å²) in [6.45, 7) is -0.347. The Labute approximate surface area is 226 Å². The standard InChI is InChI=1S/C25H28F3N9O3/c1-40-11-22(38)36-14-24(12-30,15-36)33-8-18(7-29)17-6-21-31-10-20(37(21)34-9-17)16-3-2-4-19(5-16)35-23(39)32-13-25(26,27)28/h2-10,29,33H,11-15,30H2,1H3,(H2,32,35,39)/b18-8+,29-7?. The van der Waals surface area contributed by atoms with E-state index >= 15 is 0 Å². The maximum atomic E-state index is 12.3. The molecule has 0 unspecified atom stereocenters. The van der Waals surface area contributed by atoms with Crippen molar-refractivity contribution in [2.24, 2.45) is 5.73 Å². The molecule has 1 saturated heterocycles. The van der Waals surface area contributed by atoms with Crippen LogP contribution in [0.4, 0.5) is 23.7 Å². The Morgan fingerprint density at radius 3 is 2.70 bits per heavy atom. The van der Waals surface area contributed by atoms with Crippen LogP contribution in [0.3, 0.4) is 0 Å². The monoisotopic (exact) mass is 559 g/mol. The summed E-state index contributed by atoms with van der Waals surface area (Å²) in [4.78, 5) is 29.9. The molecule has 212 valence electrons. The summed E-state index contributed by atoms with van der Waals surface area (Å²) in [6, 6.07) is 7.28. The molecule has 0 bridgehead atoms. The number of methoxy groups -OCH3 is 1. The molecule has 0 saturated carbocycles. The minimum atomic E-state index is -4.52. The van der Waals surface area contributed by atoms with E-state index in [4.69, 9.17) is 15.9 Å². The van der Waals surface area contributed by atoms with Gasteiger partial charge < -0.3 is 36.7 Å². The molecule has 1 fully saturated rings. The van der Waals surface area contributed by atoms with Gasteiger partial charge in [0.2, 0.25) is 5.91 Å². The Bertz CT molecular complexity index is 1430. The summed E-state index contributed by atoms with van der Waals surface area (Å²) in [5, 5.41) is 19.7. The van der Waals surface area contributed by atoms with E-state index in [1.807, 2.05) is 0 Å². The minimum Gasteiger partial charge on any atom is -0.380 e. The first-order valence-electron chi connectivity index (χ1n) is 12.1. The molecule has 15 heteroatoms. The van der Waals surface area contributed by atoms with Crippen LogP contribution in [0, 0.1) is 5.41 Å². The maximum Gasteiger partial charge on any atom is 0.405 e. The van der Waals surface area contributed by atoms with Crippen molar-refractivity contribution >= 4 is 35.1 Å². The molecule has 3 amide bonds. The number of urea groups is 1. The number of nitrogens with one attached hydrogen (secondary N) is 4. The zero-order valence-electron chi connectivity index (χ0n) is 21.5. The number of rotatable bonds is 10. The topological polar surface area (TPSA) is 163 Å². The van der Waals surface area contributed by atoms with Crippen LogP contribution in [-0.2, 0) is 9.53 Å². The first-order chi connectivity index (χ1) is 19.1. The van der Waals surface area contributed by atoms with E-state index in [-0.39, 0.29) is 24.7 Å². The van der Waals surface area contributed by atoms with Crippen LogP contribution in [0.1, 0.15) is 5.56 Å². The predicted molar refractivity (Wildman–Crippen MR) is 142 cm³/mol. The number of carbonyl (C=O) groups excluding carboxylic acids is 2. The zero-order chi connectivity index (χ0) is 28.9. The Hall–Kier alpha value is -4.50. The van der Waals surface area contributed by atoms with E-state index in [1.54, 1.807) is 63.7 Å². The number of aromatic nitrogens is 3. The fourth-order valence-corrected chi connectivity index (χ4v) is 4.14. The summed E-state index contributed by atoms with van der Waals surface area (Å²) in [6.07, 6.45) is 1.45. The molecule has 0 spiro atoms. The number of alkyl halides is 3. The second-order valence-corrected chi connectivity index (χ2v) is 9.22. The van der Waals surface area contributed by atoms with Crippen molar-refractivity contribution < 1.29 is 27.5 Å². The largest absolute Gasteiger partial charge is 0.405 e. The van der Waals surface area contributed by atoms with E-state index in [0.29, 0.717) is 41.1 Å². The van der Waals surface area contributed by atoms with Gasteiger partial charge in [-0.3, -0.25) is 4.79 Å². The lowest BCUT2D eigenvalue weighted by Gasteiger charge is -2.49. The highest BCUT2D eigenvalue weighted by molar-refractivity contribution is 6.08. The van der Waals surface area contributed by atoms with Crippen LogP contribution in [-0.4, -0.2) is 89.3 Å². The average molecular weight is 560 g/mol. The Balaban J connectivity index is 1.48. The van der Waals surface area contributed by atoms with Crippen molar-refractivity contribution in [1.82, 2.24) is 30.1 Å². The lowest BCUT2D eigenvalue weighted by molar-refractivity contribution is -0.143.